The van der Waals surface area contributed by atoms with Crippen molar-refractivity contribution in [1.82, 2.24) is 4.57 Å². The van der Waals surface area contributed by atoms with Crippen LogP contribution in [-0.2, 0) is 0 Å². The average Bonchev–Trinajstić information content (AvgIpc) is 3.69. The molecule has 0 aliphatic carbocycles. The maximum Gasteiger partial charge on any atom is 0.189 e. The van der Waals surface area contributed by atoms with Gasteiger partial charge >= 0.3 is 0 Å². The van der Waals surface area contributed by atoms with Crippen molar-refractivity contribution in [3.05, 3.63) is 169 Å². The van der Waals surface area contributed by atoms with Crippen LogP contribution in [-0.4, -0.2) is 4.57 Å². The molecule has 0 spiro atoms. The molecule has 0 unspecified atom stereocenters. The molecule has 0 aliphatic heterocycles. The molecule has 0 N–H and O–H groups in total. The Morgan fingerprint density at radius 1 is 0.500 bits per heavy atom. The van der Waals surface area contributed by atoms with Crippen LogP contribution in [0.1, 0.15) is 5.56 Å². The van der Waals surface area contributed by atoms with Crippen LogP contribution in [0.25, 0.3) is 85.9 Å². The van der Waals surface area contributed by atoms with Gasteiger partial charge < -0.3 is 4.57 Å². The third-order valence-electron chi connectivity index (χ3n) is 9.18. The Kier molecular flexibility index (Phi) is 6.44. The molecule has 0 amide bonds. The molecule has 9 aromatic rings. The lowest BCUT2D eigenvalue weighted by molar-refractivity contribution is 1.18. The van der Waals surface area contributed by atoms with E-state index in [0.717, 1.165) is 60.9 Å². The van der Waals surface area contributed by atoms with Gasteiger partial charge in [0.15, 0.2) is 5.69 Å². The monoisotopic (exact) mass is 627 g/mol. The molecule has 222 valence electrons. The third kappa shape index (κ3) is 4.56. The van der Waals surface area contributed by atoms with E-state index in [0.29, 0.717) is 11.3 Å². The number of aromatic nitrogens is 1. The Hall–Kier alpha value is -6.46. The minimum absolute atomic E-state index is 0.569. The fourth-order valence-corrected chi connectivity index (χ4v) is 8.03. The number of benzene rings is 7. The zero-order chi connectivity index (χ0) is 32.2. The fourth-order valence-electron chi connectivity index (χ4n) is 6.94. The number of rotatable bonds is 4. The number of nitrogens with zero attached hydrogens (tertiary/aromatic N) is 3. The largest absolute Gasteiger partial charge is 0.310 e. The lowest BCUT2D eigenvalue weighted by Crippen LogP contribution is -1.95. The van der Waals surface area contributed by atoms with E-state index in [1.165, 1.54) is 20.2 Å². The zero-order valence-electron chi connectivity index (χ0n) is 25.7. The summed E-state index contributed by atoms with van der Waals surface area (Å²) in [7, 11) is 0. The lowest BCUT2D eigenvalue weighted by atomic mass is 9.92. The van der Waals surface area contributed by atoms with E-state index < -0.39 is 0 Å². The van der Waals surface area contributed by atoms with Gasteiger partial charge in [-0.2, -0.15) is 5.26 Å². The average molecular weight is 628 g/mol. The summed E-state index contributed by atoms with van der Waals surface area (Å²) < 4.78 is 4.78. The molecule has 2 aromatic heterocycles. The first-order chi connectivity index (χ1) is 23.7. The van der Waals surface area contributed by atoms with Gasteiger partial charge in [-0.15, -0.1) is 11.3 Å². The van der Waals surface area contributed by atoms with E-state index in [-0.39, 0.29) is 0 Å². The van der Waals surface area contributed by atoms with Crippen molar-refractivity contribution < 1.29 is 0 Å². The zero-order valence-corrected chi connectivity index (χ0v) is 26.5. The second kappa shape index (κ2) is 11.1. The van der Waals surface area contributed by atoms with Gasteiger partial charge in [0.2, 0.25) is 0 Å². The summed E-state index contributed by atoms with van der Waals surface area (Å²) in [4.78, 5) is 3.93. The number of thiophene rings is 1. The highest BCUT2D eigenvalue weighted by molar-refractivity contribution is 7.25. The van der Waals surface area contributed by atoms with Crippen molar-refractivity contribution >= 4 is 59.0 Å². The van der Waals surface area contributed by atoms with E-state index in [4.69, 9.17) is 6.57 Å². The minimum Gasteiger partial charge on any atom is -0.310 e. The van der Waals surface area contributed by atoms with Crippen LogP contribution < -0.4 is 0 Å². The molecule has 2 heterocycles. The van der Waals surface area contributed by atoms with Gasteiger partial charge in [-0.25, -0.2) is 4.85 Å². The van der Waals surface area contributed by atoms with Crippen LogP contribution in [0.2, 0.25) is 0 Å². The van der Waals surface area contributed by atoms with Crippen LogP contribution in [0.5, 0.6) is 0 Å². The number of hydrogen-bond acceptors (Lipinski definition) is 2. The molecule has 0 saturated carbocycles. The van der Waals surface area contributed by atoms with Gasteiger partial charge in [-0.3, -0.25) is 0 Å². The summed E-state index contributed by atoms with van der Waals surface area (Å²) in [6.07, 6.45) is 0. The summed E-state index contributed by atoms with van der Waals surface area (Å²) in [6, 6.07) is 55.1. The third-order valence-corrected chi connectivity index (χ3v) is 10.3. The quantitative estimate of drug-likeness (QED) is 0.179. The maximum atomic E-state index is 9.63. The van der Waals surface area contributed by atoms with Crippen molar-refractivity contribution in [2.45, 2.75) is 0 Å². The minimum atomic E-state index is 0.569. The van der Waals surface area contributed by atoms with Crippen LogP contribution >= 0.6 is 11.3 Å². The van der Waals surface area contributed by atoms with Crippen molar-refractivity contribution in [1.29, 1.82) is 5.26 Å². The van der Waals surface area contributed by atoms with Gasteiger partial charge in [0.1, 0.15) is 0 Å². The summed E-state index contributed by atoms with van der Waals surface area (Å²) in [5.74, 6) is 0. The SMILES string of the molecule is [C-]#[N+]c1cc(-c2cc(-c3ccccc3)cc(-c3ccc4sc5ccccc5c4c3)c2)cc(-n2c3ccccc3c3cc(C#N)ccc32)c1. The lowest BCUT2D eigenvalue weighted by Gasteiger charge is -2.14. The Morgan fingerprint density at radius 2 is 1.17 bits per heavy atom. The normalized spacial score (nSPS) is 11.3. The molecule has 0 aliphatic rings. The van der Waals surface area contributed by atoms with Gasteiger partial charge in [-0.1, -0.05) is 72.8 Å². The highest BCUT2D eigenvalue weighted by atomic mass is 32.1. The number of fused-ring (bicyclic) bond motifs is 6. The van der Waals surface area contributed by atoms with Crippen LogP contribution in [0.3, 0.4) is 0 Å². The van der Waals surface area contributed by atoms with E-state index in [9.17, 15) is 5.26 Å². The standard InChI is InChI=1S/C44H25N3S/c1-46-35-23-34(24-36(26-35)47-41-13-7-5-11-37(41)39-19-28(27-45)15-17-42(39)47)33-21-31(29-9-3-2-4-10-29)20-32(22-33)30-16-18-44-40(25-30)38-12-6-8-14-43(38)48-44/h2-26H. The highest BCUT2D eigenvalue weighted by Gasteiger charge is 2.16. The van der Waals surface area contributed by atoms with Gasteiger partial charge in [-0.05, 0) is 112 Å². The van der Waals surface area contributed by atoms with Crippen LogP contribution in [0.4, 0.5) is 5.69 Å². The summed E-state index contributed by atoms with van der Waals surface area (Å²) in [6.45, 7) is 8.07. The van der Waals surface area contributed by atoms with E-state index in [2.05, 4.69) is 119 Å². The number of para-hydroxylation sites is 1. The van der Waals surface area contributed by atoms with Crippen LogP contribution in [0, 0.1) is 17.9 Å². The molecular weight excluding hydrogens is 603 g/mol. The Labute approximate surface area is 281 Å². The van der Waals surface area contributed by atoms with E-state index >= 15 is 0 Å². The smallest absolute Gasteiger partial charge is 0.189 e. The summed E-state index contributed by atoms with van der Waals surface area (Å²) in [5.41, 5.74) is 10.7. The second-order valence-electron chi connectivity index (χ2n) is 12.0. The number of nitriles is 1. The molecule has 4 heteroatoms. The Balaban J connectivity index is 1.28. The molecule has 0 saturated heterocycles. The first kappa shape index (κ1) is 27.8. The fraction of sp³-hybridized carbons (Fsp3) is 0. The van der Waals surface area contributed by atoms with Gasteiger partial charge in [0.25, 0.3) is 0 Å². The van der Waals surface area contributed by atoms with Gasteiger partial charge in [0, 0.05) is 36.6 Å². The van der Waals surface area contributed by atoms with Crippen molar-refractivity contribution in [2.75, 3.05) is 0 Å². The molecule has 0 radical (unpaired) electrons. The molecule has 0 bridgehead atoms. The van der Waals surface area contributed by atoms with Gasteiger partial charge in [0.05, 0.1) is 29.2 Å². The Morgan fingerprint density at radius 3 is 1.98 bits per heavy atom. The second-order valence-corrected chi connectivity index (χ2v) is 13.1. The molecular formula is C44H25N3S. The van der Waals surface area contributed by atoms with E-state index in [1.807, 2.05) is 59.9 Å². The maximum absolute atomic E-state index is 9.63. The predicted octanol–water partition coefficient (Wildman–Crippen LogP) is 12.6. The highest BCUT2D eigenvalue weighted by Crippen LogP contribution is 2.40. The first-order valence-electron chi connectivity index (χ1n) is 15.8. The molecule has 7 aromatic carbocycles. The first-order valence-corrected chi connectivity index (χ1v) is 16.6. The number of hydrogen-bond donors (Lipinski definition) is 0. The molecule has 48 heavy (non-hydrogen) atoms. The summed E-state index contributed by atoms with van der Waals surface area (Å²) >= 11 is 1.83. The van der Waals surface area contributed by atoms with Crippen molar-refractivity contribution in [3.8, 4) is 45.1 Å². The molecule has 0 fully saturated rings. The molecule has 0 atom stereocenters. The van der Waals surface area contributed by atoms with Crippen molar-refractivity contribution in [2.24, 2.45) is 0 Å². The van der Waals surface area contributed by atoms with E-state index in [1.54, 1.807) is 0 Å². The Bertz CT molecular complexity index is 2810. The topological polar surface area (TPSA) is 33.1 Å². The summed E-state index contributed by atoms with van der Waals surface area (Å²) in [5, 5.41) is 14.3. The van der Waals surface area contributed by atoms with Crippen molar-refractivity contribution in [3.63, 3.8) is 0 Å². The van der Waals surface area contributed by atoms with Crippen LogP contribution in [0.15, 0.2) is 152 Å². The molecule has 9 rings (SSSR count). The molecule has 3 nitrogen and oxygen atoms in total. The predicted molar refractivity (Wildman–Crippen MR) is 201 cm³/mol.